The molecule has 3 aromatic carbocycles. The zero-order valence-corrected chi connectivity index (χ0v) is 12.5. The largest absolute Gasteiger partial charge is 0.198 e. The Hall–Kier alpha value is -2.37. The summed E-state index contributed by atoms with van der Waals surface area (Å²) in [4.78, 5) is 0. The minimum atomic E-state index is 0.459. The standard InChI is InChI=1S/C19H13NS/c1-12-5-4-6-13-11-14(9-10-20)18-15-7-2-3-8-16(15)21-19(18)17(12)13/h2-8,11H,9H2,1H3. The molecule has 0 saturated heterocycles. The van der Waals surface area contributed by atoms with Crippen LogP contribution in [0.15, 0.2) is 48.5 Å². The molecule has 0 amide bonds. The van der Waals surface area contributed by atoms with E-state index in [1.807, 2.05) is 11.3 Å². The molecule has 0 aliphatic heterocycles. The maximum atomic E-state index is 9.17. The van der Waals surface area contributed by atoms with E-state index in [0.717, 1.165) is 5.56 Å². The maximum Gasteiger partial charge on any atom is 0.0669 e. The molecule has 21 heavy (non-hydrogen) atoms. The van der Waals surface area contributed by atoms with Crippen LogP contribution >= 0.6 is 11.3 Å². The summed E-state index contributed by atoms with van der Waals surface area (Å²) in [5.74, 6) is 0. The van der Waals surface area contributed by atoms with E-state index in [2.05, 4.69) is 61.5 Å². The van der Waals surface area contributed by atoms with Crippen molar-refractivity contribution in [1.82, 2.24) is 0 Å². The molecule has 0 bridgehead atoms. The summed E-state index contributed by atoms with van der Waals surface area (Å²) in [6.45, 7) is 2.16. The second-order valence-electron chi connectivity index (χ2n) is 5.35. The summed E-state index contributed by atoms with van der Waals surface area (Å²) in [7, 11) is 0. The molecule has 0 unspecified atom stereocenters. The van der Waals surface area contributed by atoms with Crippen LogP contribution in [0.3, 0.4) is 0 Å². The number of nitrogens with zero attached hydrogens (tertiary/aromatic N) is 1. The van der Waals surface area contributed by atoms with Crippen molar-refractivity contribution in [2.24, 2.45) is 0 Å². The van der Waals surface area contributed by atoms with Gasteiger partial charge in [0.05, 0.1) is 12.5 Å². The molecule has 0 saturated carbocycles. The minimum absolute atomic E-state index is 0.459. The second-order valence-corrected chi connectivity index (χ2v) is 6.40. The van der Waals surface area contributed by atoms with Crippen molar-refractivity contribution in [3.05, 3.63) is 59.7 Å². The Kier molecular flexibility index (Phi) is 2.70. The van der Waals surface area contributed by atoms with Crippen LogP contribution in [0.2, 0.25) is 0 Å². The molecule has 0 spiro atoms. The van der Waals surface area contributed by atoms with Crippen LogP contribution in [0.25, 0.3) is 30.9 Å². The zero-order valence-electron chi connectivity index (χ0n) is 11.7. The number of nitriles is 1. The number of benzene rings is 3. The van der Waals surface area contributed by atoms with Gasteiger partial charge in [0.1, 0.15) is 0 Å². The zero-order chi connectivity index (χ0) is 14.4. The molecule has 1 heterocycles. The molecule has 4 rings (SSSR count). The highest BCUT2D eigenvalue weighted by Crippen LogP contribution is 2.41. The molecule has 0 aliphatic carbocycles. The van der Waals surface area contributed by atoms with Gasteiger partial charge in [-0.25, -0.2) is 0 Å². The van der Waals surface area contributed by atoms with Gasteiger partial charge in [0.25, 0.3) is 0 Å². The van der Waals surface area contributed by atoms with Gasteiger partial charge < -0.3 is 0 Å². The van der Waals surface area contributed by atoms with E-state index in [-0.39, 0.29) is 0 Å². The van der Waals surface area contributed by atoms with Crippen LogP contribution in [0, 0.1) is 18.3 Å². The predicted octanol–water partition coefficient (Wildman–Crippen LogP) is 5.58. The maximum absolute atomic E-state index is 9.17. The third-order valence-electron chi connectivity index (χ3n) is 4.05. The van der Waals surface area contributed by atoms with Crippen LogP contribution in [0.5, 0.6) is 0 Å². The molecule has 0 atom stereocenters. The molecule has 0 fully saturated rings. The number of thiophene rings is 1. The predicted molar refractivity (Wildman–Crippen MR) is 90.9 cm³/mol. The Morgan fingerprint density at radius 1 is 1.05 bits per heavy atom. The van der Waals surface area contributed by atoms with E-state index in [0.29, 0.717) is 6.42 Å². The first-order valence-corrected chi connectivity index (χ1v) is 7.80. The lowest BCUT2D eigenvalue weighted by atomic mass is 9.97. The molecule has 1 aromatic heterocycles. The van der Waals surface area contributed by atoms with Gasteiger partial charge in [-0.1, -0.05) is 36.4 Å². The van der Waals surface area contributed by atoms with E-state index in [1.165, 1.54) is 36.5 Å². The van der Waals surface area contributed by atoms with Gasteiger partial charge in [0, 0.05) is 25.6 Å². The van der Waals surface area contributed by atoms with Crippen LogP contribution in [-0.2, 0) is 6.42 Å². The molecule has 100 valence electrons. The van der Waals surface area contributed by atoms with Gasteiger partial charge in [0.2, 0.25) is 0 Å². The summed E-state index contributed by atoms with van der Waals surface area (Å²) in [6.07, 6.45) is 0.459. The number of hydrogen-bond donors (Lipinski definition) is 0. The normalized spacial score (nSPS) is 11.2. The van der Waals surface area contributed by atoms with E-state index < -0.39 is 0 Å². The Labute approximate surface area is 127 Å². The molecule has 4 aromatic rings. The Morgan fingerprint density at radius 2 is 1.90 bits per heavy atom. The Balaban J connectivity index is 2.33. The highest BCUT2D eigenvalue weighted by Gasteiger charge is 2.13. The first kappa shape index (κ1) is 12.4. The summed E-state index contributed by atoms with van der Waals surface area (Å²) in [6, 6.07) is 19.4. The molecular weight excluding hydrogens is 274 g/mol. The smallest absolute Gasteiger partial charge is 0.0669 e. The summed E-state index contributed by atoms with van der Waals surface area (Å²) in [5.41, 5.74) is 2.44. The van der Waals surface area contributed by atoms with E-state index in [9.17, 15) is 0 Å². The summed E-state index contributed by atoms with van der Waals surface area (Å²) in [5, 5.41) is 14.3. The van der Waals surface area contributed by atoms with Crippen LogP contribution < -0.4 is 0 Å². The fraction of sp³-hybridized carbons (Fsp3) is 0.105. The van der Waals surface area contributed by atoms with Crippen molar-refractivity contribution in [1.29, 1.82) is 5.26 Å². The first-order chi connectivity index (χ1) is 10.3. The fourth-order valence-corrected chi connectivity index (χ4v) is 4.52. The van der Waals surface area contributed by atoms with Gasteiger partial charge in [0.15, 0.2) is 0 Å². The molecule has 1 nitrogen and oxygen atoms in total. The van der Waals surface area contributed by atoms with E-state index in [4.69, 9.17) is 5.26 Å². The number of hydrogen-bond acceptors (Lipinski definition) is 2. The Bertz CT molecular complexity index is 1030. The fourth-order valence-electron chi connectivity index (χ4n) is 3.15. The lowest BCUT2D eigenvalue weighted by molar-refractivity contribution is 1.30. The summed E-state index contributed by atoms with van der Waals surface area (Å²) >= 11 is 1.84. The quantitative estimate of drug-likeness (QED) is 0.448. The molecule has 2 heteroatoms. The topological polar surface area (TPSA) is 23.8 Å². The van der Waals surface area contributed by atoms with Crippen molar-refractivity contribution < 1.29 is 0 Å². The number of fused-ring (bicyclic) bond motifs is 5. The van der Waals surface area contributed by atoms with Gasteiger partial charge in [-0.2, -0.15) is 5.26 Å². The highest BCUT2D eigenvalue weighted by atomic mass is 32.1. The van der Waals surface area contributed by atoms with Crippen LogP contribution in [0.4, 0.5) is 0 Å². The van der Waals surface area contributed by atoms with Gasteiger partial charge in [-0.3, -0.25) is 0 Å². The van der Waals surface area contributed by atoms with Gasteiger partial charge >= 0.3 is 0 Å². The Morgan fingerprint density at radius 3 is 2.76 bits per heavy atom. The SMILES string of the molecule is Cc1cccc2cc(CC#N)c3c4ccccc4sc3c12. The molecule has 0 N–H and O–H groups in total. The van der Waals surface area contributed by atoms with Gasteiger partial charge in [-0.05, 0) is 35.6 Å². The van der Waals surface area contributed by atoms with Crippen molar-refractivity contribution >= 4 is 42.3 Å². The first-order valence-electron chi connectivity index (χ1n) is 6.99. The monoisotopic (exact) mass is 287 g/mol. The molecular formula is C19H13NS. The van der Waals surface area contributed by atoms with Crippen molar-refractivity contribution in [2.75, 3.05) is 0 Å². The van der Waals surface area contributed by atoms with E-state index in [1.54, 1.807) is 0 Å². The average Bonchev–Trinajstić information content (AvgIpc) is 2.87. The highest BCUT2D eigenvalue weighted by molar-refractivity contribution is 7.26. The van der Waals surface area contributed by atoms with Crippen LogP contribution in [0.1, 0.15) is 11.1 Å². The lowest BCUT2D eigenvalue weighted by Crippen LogP contribution is -1.86. The number of rotatable bonds is 1. The van der Waals surface area contributed by atoms with Crippen molar-refractivity contribution in [3.63, 3.8) is 0 Å². The van der Waals surface area contributed by atoms with Crippen LogP contribution in [-0.4, -0.2) is 0 Å². The summed E-state index contributed by atoms with van der Waals surface area (Å²) < 4.78 is 2.61. The van der Waals surface area contributed by atoms with E-state index >= 15 is 0 Å². The lowest BCUT2D eigenvalue weighted by Gasteiger charge is -2.07. The second kappa shape index (κ2) is 4.58. The van der Waals surface area contributed by atoms with Crippen molar-refractivity contribution in [3.8, 4) is 6.07 Å². The third kappa shape index (κ3) is 1.75. The minimum Gasteiger partial charge on any atom is -0.198 e. The van der Waals surface area contributed by atoms with Crippen molar-refractivity contribution in [2.45, 2.75) is 13.3 Å². The third-order valence-corrected chi connectivity index (χ3v) is 5.24. The average molecular weight is 287 g/mol. The molecule has 0 radical (unpaired) electrons. The molecule has 0 aliphatic rings. The van der Waals surface area contributed by atoms with Gasteiger partial charge in [-0.15, -0.1) is 11.3 Å². The number of aryl methyl sites for hydroxylation is 1.